The molecule has 5 atom stereocenters. The fourth-order valence-electron chi connectivity index (χ4n) is 7.09. The van der Waals surface area contributed by atoms with E-state index < -0.39 is 77.8 Å². The number of hydrogen-bond donors (Lipinski definition) is 0. The molecule has 9 nitrogen and oxygen atoms in total. The van der Waals surface area contributed by atoms with Crippen LogP contribution in [0.15, 0.2) is 30.7 Å². The number of alkyl halides is 3. The number of pyridine rings is 2. The van der Waals surface area contributed by atoms with E-state index in [1.54, 1.807) is 9.80 Å². The molecule has 8 rings (SSSR count). The Hall–Kier alpha value is -3.91. The molecule has 6 heterocycles. The first-order valence-corrected chi connectivity index (χ1v) is 14.7. The van der Waals surface area contributed by atoms with Crippen LogP contribution < -0.4 is 14.4 Å². The van der Waals surface area contributed by atoms with Gasteiger partial charge in [-0.2, -0.15) is 9.97 Å². The normalized spacial score (nSPS) is 29.8. The number of nitrogens with zero attached hydrogens (tertiary/aromatic N) is 6. The second-order valence-electron chi connectivity index (χ2n) is 11.8. The van der Waals surface area contributed by atoms with Gasteiger partial charge in [0.2, 0.25) is 6.81 Å². The first-order valence-electron chi connectivity index (χ1n) is 16.7. The van der Waals surface area contributed by atoms with Crippen LogP contribution in [-0.4, -0.2) is 95.0 Å². The summed E-state index contributed by atoms with van der Waals surface area (Å²) in [6.45, 7) is -5.28. The lowest BCUT2D eigenvalue weighted by Gasteiger charge is -2.31. The minimum atomic E-state index is -3.79. The second-order valence-corrected chi connectivity index (χ2v) is 11.8. The maximum Gasteiger partial charge on any atom is 0.319 e. The monoisotopic (exact) mass is 632 g/mol. The van der Waals surface area contributed by atoms with Crippen molar-refractivity contribution in [3.05, 3.63) is 42.4 Å². The highest BCUT2D eigenvalue weighted by molar-refractivity contribution is 6.01. The molecule has 236 valence electrons. The van der Waals surface area contributed by atoms with Crippen LogP contribution in [0.3, 0.4) is 0 Å². The van der Waals surface area contributed by atoms with Crippen molar-refractivity contribution in [2.45, 2.75) is 43.2 Å². The van der Waals surface area contributed by atoms with Gasteiger partial charge in [0.15, 0.2) is 17.4 Å². The maximum atomic E-state index is 16.9. The number of aromatic nitrogens is 4. The predicted molar refractivity (Wildman–Crippen MR) is 153 cm³/mol. The molecule has 4 fully saturated rings. The van der Waals surface area contributed by atoms with E-state index in [0.29, 0.717) is 19.4 Å². The zero-order valence-corrected chi connectivity index (χ0v) is 23.7. The summed E-state index contributed by atoms with van der Waals surface area (Å²) in [6, 6.07) is 0.943. The van der Waals surface area contributed by atoms with Gasteiger partial charge in [-0.25, -0.2) is 22.0 Å². The standard InChI is InChI=1S/C31H29F5N6O3/c32-15-45-28-21(34)3-2-16-9-37-10-18(22(16)28)25-24(36)26-19(11-38-25)29(42-6-7-43-13-20-23(35)27(20)42)40-30(39-26)44-14-31-4-1-5-41(31)12-17(33)8-31/h2-3,9-11,17,20,23,27H,1,4-8,12-15H2/t17-,20+,23+,27+,31+/m1/s1/i14D2,15D2. The van der Waals surface area contributed by atoms with Crippen molar-refractivity contribution in [2.75, 3.05) is 51.1 Å². The zero-order chi connectivity index (χ0) is 34.5. The van der Waals surface area contributed by atoms with Crippen LogP contribution in [0.25, 0.3) is 32.9 Å². The molecule has 3 aromatic heterocycles. The molecule has 4 aliphatic rings. The molecule has 0 amide bonds. The summed E-state index contributed by atoms with van der Waals surface area (Å²) < 4.78 is 124. The van der Waals surface area contributed by atoms with E-state index in [-0.39, 0.29) is 60.3 Å². The molecule has 0 spiro atoms. The number of fused-ring (bicyclic) bond motifs is 4. The van der Waals surface area contributed by atoms with E-state index in [4.69, 9.17) is 15.0 Å². The van der Waals surface area contributed by atoms with Gasteiger partial charge >= 0.3 is 6.01 Å². The molecule has 3 aliphatic heterocycles. The van der Waals surface area contributed by atoms with E-state index in [9.17, 15) is 17.6 Å². The summed E-state index contributed by atoms with van der Waals surface area (Å²) in [6.07, 6.45) is 1.87. The van der Waals surface area contributed by atoms with E-state index in [1.807, 2.05) is 0 Å². The number of ether oxygens (including phenoxy) is 3. The molecule has 3 saturated heterocycles. The molecular formula is C31H29F5N6O3. The van der Waals surface area contributed by atoms with Gasteiger partial charge in [-0.3, -0.25) is 14.9 Å². The summed E-state index contributed by atoms with van der Waals surface area (Å²) >= 11 is 0. The summed E-state index contributed by atoms with van der Waals surface area (Å²) in [5.41, 5.74) is -2.37. The van der Waals surface area contributed by atoms with Crippen LogP contribution >= 0.6 is 0 Å². The number of halogens is 5. The minimum absolute atomic E-state index is 0.0155. The Balaban J connectivity index is 1.31. The molecule has 0 radical (unpaired) electrons. The maximum absolute atomic E-state index is 16.9. The Morgan fingerprint density at radius 3 is 2.87 bits per heavy atom. The fourth-order valence-corrected chi connectivity index (χ4v) is 7.09. The van der Waals surface area contributed by atoms with Crippen molar-refractivity contribution >= 4 is 27.5 Å². The number of rotatable bonds is 7. The molecule has 0 unspecified atom stereocenters. The molecular weight excluding hydrogens is 599 g/mol. The smallest absolute Gasteiger partial charge is 0.319 e. The summed E-state index contributed by atoms with van der Waals surface area (Å²) in [5.74, 6) is -3.54. The van der Waals surface area contributed by atoms with Gasteiger partial charge in [0.1, 0.15) is 38.7 Å². The van der Waals surface area contributed by atoms with E-state index in [1.165, 1.54) is 18.5 Å². The van der Waals surface area contributed by atoms with Gasteiger partial charge in [-0.1, -0.05) is 0 Å². The Morgan fingerprint density at radius 2 is 2.00 bits per heavy atom. The van der Waals surface area contributed by atoms with Crippen molar-refractivity contribution in [2.24, 2.45) is 5.92 Å². The molecule has 1 saturated carbocycles. The van der Waals surface area contributed by atoms with E-state index >= 15 is 4.39 Å². The average molecular weight is 633 g/mol. The Morgan fingerprint density at radius 1 is 1.11 bits per heavy atom. The number of benzene rings is 1. The largest absolute Gasteiger partial charge is 0.461 e. The molecule has 14 heteroatoms. The van der Waals surface area contributed by atoms with Crippen molar-refractivity contribution in [3.63, 3.8) is 0 Å². The Kier molecular flexibility index (Phi) is 5.88. The average Bonchev–Trinajstić information content (AvgIpc) is 3.40. The highest BCUT2D eigenvalue weighted by Gasteiger charge is 2.56. The molecule has 0 bridgehead atoms. The third kappa shape index (κ3) is 4.63. The van der Waals surface area contributed by atoms with E-state index in [0.717, 1.165) is 12.3 Å². The topological polar surface area (TPSA) is 85.7 Å². The van der Waals surface area contributed by atoms with Crippen LogP contribution in [0.4, 0.5) is 27.8 Å². The third-order valence-corrected chi connectivity index (χ3v) is 9.25. The molecule has 45 heavy (non-hydrogen) atoms. The summed E-state index contributed by atoms with van der Waals surface area (Å²) in [5, 5.41) is -0.0470. The van der Waals surface area contributed by atoms with Crippen LogP contribution in [0.1, 0.15) is 24.7 Å². The van der Waals surface area contributed by atoms with Gasteiger partial charge in [-0.15, -0.1) is 0 Å². The fraction of sp³-hybridized carbons (Fsp3) is 0.484. The van der Waals surface area contributed by atoms with Crippen LogP contribution in [-0.2, 0) is 4.74 Å². The van der Waals surface area contributed by atoms with Crippen molar-refractivity contribution in [3.8, 4) is 23.0 Å². The predicted octanol–water partition coefficient (Wildman–Crippen LogP) is 4.95. The number of hydrogen-bond acceptors (Lipinski definition) is 9. The lowest BCUT2D eigenvalue weighted by molar-refractivity contribution is 0.107. The Bertz CT molecular complexity index is 1980. The van der Waals surface area contributed by atoms with Crippen molar-refractivity contribution in [1.82, 2.24) is 24.8 Å². The lowest BCUT2D eigenvalue weighted by atomic mass is 9.95. The van der Waals surface area contributed by atoms with Gasteiger partial charge in [0.25, 0.3) is 0 Å². The summed E-state index contributed by atoms with van der Waals surface area (Å²) in [7, 11) is 0. The first kappa shape index (κ1) is 24.3. The van der Waals surface area contributed by atoms with Crippen LogP contribution in [0, 0.1) is 17.6 Å². The molecule has 4 aromatic rings. The van der Waals surface area contributed by atoms with Crippen molar-refractivity contribution in [1.29, 1.82) is 0 Å². The van der Waals surface area contributed by atoms with Gasteiger partial charge < -0.3 is 19.1 Å². The minimum Gasteiger partial charge on any atom is -0.461 e. The highest BCUT2D eigenvalue weighted by atomic mass is 19.2. The zero-order valence-electron chi connectivity index (χ0n) is 27.7. The highest BCUT2D eigenvalue weighted by Crippen LogP contribution is 2.46. The van der Waals surface area contributed by atoms with Gasteiger partial charge in [-0.05, 0) is 31.5 Å². The SMILES string of the molecule is [2H]C([2H])(F)Oc1c(F)ccc2cncc(-c3ncc4c(N5CCOC[C@H]6[C@H](F)[C@H]65)nc(OC([2H])([2H])[C@@]56CCCN5C[C@H](F)C6)nc4c3F)c12. The number of anilines is 1. The van der Waals surface area contributed by atoms with Crippen LogP contribution in [0.5, 0.6) is 11.8 Å². The van der Waals surface area contributed by atoms with Gasteiger partial charge in [0, 0.05) is 60.4 Å². The summed E-state index contributed by atoms with van der Waals surface area (Å²) in [4.78, 5) is 20.4. The van der Waals surface area contributed by atoms with Gasteiger partial charge in [0.05, 0.1) is 32.9 Å². The lowest BCUT2D eigenvalue weighted by Crippen LogP contribution is -2.43. The van der Waals surface area contributed by atoms with E-state index in [2.05, 4.69) is 24.7 Å². The first-order chi connectivity index (χ1) is 23.3. The molecule has 0 N–H and O–H groups in total. The quantitative estimate of drug-likeness (QED) is 0.263. The van der Waals surface area contributed by atoms with Crippen molar-refractivity contribution < 1.29 is 41.6 Å². The second kappa shape index (κ2) is 10.9. The third-order valence-electron chi connectivity index (χ3n) is 9.25. The Labute approximate surface area is 259 Å². The van der Waals surface area contributed by atoms with Crippen LogP contribution in [0.2, 0.25) is 0 Å². The molecule has 1 aromatic carbocycles. The molecule has 1 aliphatic carbocycles.